The van der Waals surface area contributed by atoms with Crippen molar-refractivity contribution in [3.05, 3.63) is 24.2 Å². The van der Waals surface area contributed by atoms with Crippen LogP contribution in [0.3, 0.4) is 0 Å². The Hall–Kier alpha value is -1.29. The van der Waals surface area contributed by atoms with Crippen molar-refractivity contribution in [3.63, 3.8) is 0 Å². The summed E-state index contributed by atoms with van der Waals surface area (Å²) in [7, 11) is 0. The number of hydrogen-bond donors (Lipinski definition) is 2. The number of carbonyl (C=O) groups is 1. The first-order valence-corrected chi connectivity index (χ1v) is 6.74. The van der Waals surface area contributed by atoms with Crippen LogP contribution in [0.2, 0.25) is 0 Å². The number of amides is 1. The van der Waals surface area contributed by atoms with Crippen LogP contribution >= 0.6 is 0 Å². The molecule has 4 nitrogen and oxygen atoms in total. The summed E-state index contributed by atoms with van der Waals surface area (Å²) in [4.78, 5) is 12.1. The highest BCUT2D eigenvalue weighted by molar-refractivity contribution is 5.79. The number of rotatable bonds is 4. The molecular weight excluding hydrogens is 228 g/mol. The van der Waals surface area contributed by atoms with Crippen molar-refractivity contribution in [1.82, 2.24) is 5.32 Å². The first-order chi connectivity index (χ1) is 8.70. The van der Waals surface area contributed by atoms with Crippen LogP contribution in [0, 0.1) is 11.8 Å². The third kappa shape index (κ3) is 3.13. The van der Waals surface area contributed by atoms with Crippen molar-refractivity contribution in [2.45, 2.75) is 38.6 Å². The number of furan rings is 1. The lowest BCUT2D eigenvalue weighted by molar-refractivity contribution is -0.127. The van der Waals surface area contributed by atoms with Gasteiger partial charge in [-0.1, -0.05) is 0 Å². The molecule has 1 amide bonds. The van der Waals surface area contributed by atoms with Crippen LogP contribution in [-0.2, 0) is 4.79 Å². The molecule has 0 aromatic carbocycles. The van der Waals surface area contributed by atoms with Crippen molar-refractivity contribution in [2.24, 2.45) is 17.6 Å². The molecule has 0 radical (unpaired) electrons. The molecule has 1 aromatic heterocycles. The highest BCUT2D eigenvalue weighted by atomic mass is 16.3. The Morgan fingerprint density at radius 2 is 2.22 bits per heavy atom. The molecule has 4 heteroatoms. The van der Waals surface area contributed by atoms with Gasteiger partial charge in [0.2, 0.25) is 5.91 Å². The van der Waals surface area contributed by atoms with Gasteiger partial charge in [-0.05, 0) is 57.2 Å². The Morgan fingerprint density at radius 1 is 1.50 bits per heavy atom. The summed E-state index contributed by atoms with van der Waals surface area (Å²) in [6, 6.07) is 3.67. The Morgan fingerprint density at radius 3 is 2.78 bits per heavy atom. The van der Waals surface area contributed by atoms with Gasteiger partial charge in [-0.15, -0.1) is 0 Å². The van der Waals surface area contributed by atoms with Crippen LogP contribution in [0.15, 0.2) is 22.8 Å². The van der Waals surface area contributed by atoms with E-state index in [0.29, 0.717) is 5.92 Å². The number of nitrogens with one attached hydrogen (secondary N) is 1. The molecule has 1 aromatic rings. The molecule has 1 heterocycles. The molecule has 0 bridgehead atoms. The topological polar surface area (TPSA) is 68.3 Å². The minimum atomic E-state index is -0.0558. The first kappa shape index (κ1) is 13.1. The van der Waals surface area contributed by atoms with Crippen molar-refractivity contribution in [3.8, 4) is 0 Å². The van der Waals surface area contributed by atoms with Crippen molar-refractivity contribution in [2.75, 3.05) is 6.54 Å². The maximum Gasteiger partial charge on any atom is 0.223 e. The van der Waals surface area contributed by atoms with E-state index >= 15 is 0 Å². The Bertz CT molecular complexity index is 367. The van der Waals surface area contributed by atoms with Crippen molar-refractivity contribution in [1.29, 1.82) is 0 Å². The molecule has 1 unspecified atom stereocenters. The molecule has 0 aliphatic heterocycles. The molecule has 2 rings (SSSR count). The normalized spacial score (nSPS) is 25.7. The van der Waals surface area contributed by atoms with E-state index in [1.54, 1.807) is 6.26 Å². The zero-order chi connectivity index (χ0) is 13.0. The van der Waals surface area contributed by atoms with Crippen LogP contribution in [0.5, 0.6) is 0 Å². The summed E-state index contributed by atoms with van der Waals surface area (Å²) in [6.45, 7) is 2.69. The summed E-state index contributed by atoms with van der Waals surface area (Å²) in [5, 5.41) is 3.02. The van der Waals surface area contributed by atoms with Gasteiger partial charge in [-0.25, -0.2) is 0 Å². The molecule has 1 aliphatic carbocycles. The maximum atomic E-state index is 12.1. The molecule has 18 heavy (non-hydrogen) atoms. The molecule has 0 saturated heterocycles. The SMILES string of the molecule is CC(NC(=O)C1CCC(CN)CC1)c1ccco1. The van der Waals surface area contributed by atoms with Gasteiger partial charge in [-0.3, -0.25) is 4.79 Å². The molecule has 100 valence electrons. The highest BCUT2D eigenvalue weighted by Crippen LogP contribution is 2.28. The second-order valence-corrected chi connectivity index (χ2v) is 5.20. The molecule has 1 aliphatic rings. The van der Waals surface area contributed by atoms with E-state index in [1.807, 2.05) is 19.1 Å². The monoisotopic (exact) mass is 250 g/mol. The lowest BCUT2D eigenvalue weighted by atomic mass is 9.81. The number of carbonyl (C=O) groups excluding carboxylic acids is 1. The number of hydrogen-bond acceptors (Lipinski definition) is 3. The fourth-order valence-electron chi connectivity index (χ4n) is 2.60. The summed E-state index contributed by atoms with van der Waals surface area (Å²) in [6.07, 6.45) is 5.69. The van der Waals surface area contributed by atoms with Gasteiger partial charge in [0.15, 0.2) is 0 Å². The van der Waals surface area contributed by atoms with Crippen LogP contribution in [0.4, 0.5) is 0 Å². The van der Waals surface area contributed by atoms with E-state index in [4.69, 9.17) is 10.2 Å². The van der Waals surface area contributed by atoms with Crippen molar-refractivity contribution < 1.29 is 9.21 Å². The lowest BCUT2D eigenvalue weighted by Gasteiger charge is -2.27. The van der Waals surface area contributed by atoms with E-state index in [2.05, 4.69) is 5.32 Å². The fraction of sp³-hybridized carbons (Fsp3) is 0.643. The second kappa shape index (κ2) is 6.05. The molecule has 1 atom stereocenters. The van der Waals surface area contributed by atoms with E-state index in [-0.39, 0.29) is 17.9 Å². The highest BCUT2D eigenvalue weighted by Gasteiger charge is 2.26. The Labute approximate surface area is 108 Å². The first-order valence-electron chi connectivity index (χ1n) is 6.74. The summed E-state index contributed by atoms with van der Waals surface area (Å²) >= 11 is 0. The average Bonchev–Trinajstić information content (AvgIpc) is 2.92. The third-order valence-electron chi connectivity index (χ3n) is 3.88. The second-order valence-electron chi connectivity index (χ2n) is 5.20. The molecule has 3 N–H and O–H groups in total. The average molecular weight is 250 g/mol. The predicted octanol–water partition coefficient (Wildman–Crippen LogP) is 2.22. The summed E-state index contributed by atoms with van der Waals surface area (Å²) in [5.74, 6) is 1.70. The largest absolute Gasteiger partial charge is 0.467 e. The Balaban J connectivity index is 1.82. The van der Waals surface area contributed by atoms with E-state index in [9.17, 15) is 4.79 Å². The van der Waals surface area contributed by atoms with Crippen molar-refractivity contribution >= 4 is 5.91 Å². The zero-order valence-corrected chi connectivity index (χ0v) is 10.9. The molecular formula is C14H22N2O2. The van der Waals surface area contributed by atoms with Crippen LogP contribution in [0.1, 0.15) is 44.4 Å². The van der Waals surface area contributed by atoms with E-state index in [1.165, 1.54) is 0 Å². The number of nitrogens with two attached hydrogens (primary N) is 1. The van der Waals surface area contributed by atoms with Gasteiger partial charge in [0, 0.05) is 5.92 Å². The minimum Gasteiger partial charge on any atom is -0.467 e. The van der Waals surface area contributed by atoms with Gasteiger partial charge < -0.3 is 15.5 Å². The van der Waals surface area contributed by atoms with E-state index in [0.717, 1.165) is 38.0 Å². The zero-order valence-electron chi connectivity index (χ0n) is 10.9. The van der Waals surface area contributed by atoms with Gasteiger partial charge in [0.25, 0.3) is 0 Å². The fourth-order valence-corrected chi connectivity index (χ4v) is 2.60. The van der Waals surface area contributed by atoms with Gasteiger partial charge >= 0.3 is 0 Å². The van der Waals surface area contributed by atoms with Gasteiger partial charge in [0.1, 0.15) is 5.76 Å². The van der Waals surface area contributed by atoms with Crippen LogP contribution in [0.25, 0.3) is 0 Å². The molecule has 1 fully saturated rings. The van der Waals surface area contributed by atoms with Gasteiger partial charge in [-0.2, -0.15) is 0 Å². The lowest BCUT2D eigenvalue weighted by Crippen LogP contribution is -2.35. The maximum absolute atomic E-state index is 12.1. The van der Waals surface area contributed by atoms with E-state index < -0.39 is 0 Å². The van der Waals surface area contributed by atoms with Crippen LogP contribution < -0.4 is 11.1 Å². The Kier molecular flexibility index (Phi) is 4.42. The quantitative estimate of drug-likeness (QED) is 0.861. The van der Waals surface area contributed by atoms with Crippen LogP contribution in [-0.4, -0.2) is 12.5 Å². The van der Waals surface area contributed by atoms with Gasteiger partial charge in [0.05, 0.1) is 12.3 Å². The minimum absolute atomic E-state index is 0.0558. The molecule has 0 spiro atoms. The smallest absolute Gasteiger partial charge is 0.223 e. The molecule has 1 saturated carbocycles. The standard InChI is InChI=1S/C14H22N2O2/c1-10(13-3-2-8-18-13)16-14(17)12-6-4-11(9-15)5-7-12/h2-3,8,10-12H,4-7,9,15H2,1H3,(H,16,17). The summed E-state index contributed by atoms with van der Waals surface area (Å²) in [5.41, 5.74) is 5.66. The summed E-state index contributed by atoms with van der Waals surface area (Å²) < 4.78 is 5.29. The predicted molar refractivity (Wildman–Crippen MR) is 69.8 cm³/mol. The third-order valence-corrected chi connectivity index (χ3v) is 3.88.